The number of piperidine rings is 2. The first-order valence-corrected chi connectivity index (χ1v) is 32.3. The Kier molecular flexibility index (Phi) is 23.4. The Morgan fingerprint density at radius 1 is 0.505 bits per heavy atom. The molecule has 8 aromatic carbocycles. The topological polar surface area (TPSA) is 228 Å². The number of nitrogens with one attached hydrogen (secondary N) is 4. The second kappa shape index (κ2) is 31.7. The summed E-state index contributed by atoms with van der Waals surface area (Å²) in [7, 11) is 0. The quantitative estimate of drug-likeness (QED) is 0.0617. The van der Waals surface area contributed by atoms with Gasteiger partial charge in [-0.1, -0.05) is 129 Å². The fraction of sp³-hybridized carbons (Fsp3) is 0.299. The number of rotatable bonds is 8. The lowest BCUT2D eigenvalue weighted by Crippen LogP contribution is -2.53. The Labute approximate surface area is 571 Å². The smallest absolute Gasteiger partial charge is 0.412 e. The van der Waals surface area contributed by atoms with Gasteiger partial charge in [-0.15, -0.1) is 0 Å². The van der Waals surface area contributed by atoms with E-state index >= 15 is 0 Å². The lowest BCUT2D eigenvalue weighted by atomic mass is 9.69. The van der Waals surface area contributed by atoms with Gasteiger partial charge in [0.15, 0.2) is 0 Å². The highest BCUT2D eigenvalue weighted by Gasteiger charge is 2.43. The van der Waals surface area contributed by atoms with Crippen LogP contribution in [0.15, 0.2) is 194 Å². The van der Waals surface area contributed by atoms with E-state index in [4.69, 9.17) is 47.1 Å². The molecule has 4 amide bonds. The minimum absolute atomic E-state index is 0. The number of nitrogens with two attached hydrogens (primary N) is 2. The van der Waals surface area contributed by atoms with Gasteiger partial charge < -0.3 is 46.7 Å². The highest BCUT2D eigenvalue weighted by molar-refractivity contribution is 6.68. The fourth-order valence-electron chi connectivity index (χ4n) is 12.2. The number of amides is 4. The third kappa shape index (κ3) is 19.0. The molecule has 0 bridgehead atoms. The van der Waals surface area contributed by atoms with E-state index in [1.165, 1.54) is 46.5 Å². The molecule has 8 N–H and O–H groups in total. The van der Waals surface area contributed by atoms with Gasteiger partial charge in [-0.2, -0.15) is 0 Å². The second-order valence-corrected chi connectivity index (χ2v) is 26.7. The van der Waals surface area contributed by atoms with Crippen molar-refractivity contribution in [1.29, 1.82) is 0 Å². The lowest BCUT2D eigenvalue weighted by Gasteiger charge is -2.46. The number of nitrogens with zero attached hydrogens (tertiary/aromatic N) is 2. The van der Waals surface area contributed by atoms with E-state index in [2.05, 4.69) is 69.8 Å². The van der Waals surface area contributed by atoms with Crippen molar-refractivity contribution in [3.05, 3.63) is 239 Å². The number of halogens is 2. The van der Waals surface area contributed by atoms with Crippen molar-refractivity contribution in [1.82, 2.24) is 20.4 Å². The standard InChI is InChI=1S/C33H32N4O2.C18H26N2O2.C17H20N2O2.C8H4Cl2O2.CH4.H2/c34-29-15-14-26(23-6-2-1-3-7-23)20-30(29)36-31(38)24-10-12-25(13-11-24)32(39)37-18-16-33(17-19-37)22-35-21-27-8-4-5-9-28(27)33;1-17(2,3)22-16(21)20-12-14-6-4-5-7-15(14)18(13-20)8-10-19-11-9-18;1-17(2,3)21-16(20)19-15-10-9-13(11-14(15)18)12-7-5-4-6-8-12;9-7(11)5-1-2-6(4-3-5)8(10)12;;/h1-15,20,35H,16-19,21-22,34H2,(H,36,38);4-7,19H,8-13H2,1-3H3;4-11H,18H2,1-3H3,(H,19,20);1-4H;1H4;1H/i;;;;;1+1D. The molecule has 0 unspecified atom stereocenters. The number of benzene rings is 8. The minimum atomic E-state index is -0.552. The van der Waals surface area contributed by atoms with Crippen molar-refractivity contribution < 1.29 is 41.2 Å². The van der Waals surface area contributed by atoms with Crippen LogP contribution in [0, 0.1) is 0 Å². The first kappa shape index (κ1) is 70.0. The van der Waals surface area contributed by atoms with Gasteiger partial charge in [0.05, 0.1) is 22.7 Å². The maximum Gasteiger partial charge on any atom is 0.412 e. The van der Waals surface area contributed by atoms with Crippen LogP contribution in [0.25, 0.3) is 22.3 Å². The van der Waals surface area contributed by atoms with Crippen molar-refractivity contribution in [2.24, 2.45) is 0 Å². The molecule has 0 aliphatic carbocycles. The highest BCUT2D eigenvalue weighted by Crippen LogP contribution is 2.42. The number of carbonyl (C=O) groups excluding carboxylic acids is 6. The summed E-state index contributed by atoms with van der Waals surface area (Å²) in [6, 6.07) is 60.9. The first-order chi connectivity index (χ1) is 45.9. The van der Waals surface area contributed by atoms with E-state index in [1.54, 1.807) is 36.4 Å². The maximum atomic E-state index is 13.3. The molecule has 4 heterocycles. The molecule has 2 fully saturated rings. The van der Waals surface area contributed by atoms with Crippen LogP contribution in [0.5, 0.6) is 0 Å². The van der Waals surface area contributed by atoms with Crippen LogP contribution >= 0.6 is 23.2 Å². The van der Waals surface area contributed by atoms with Crippen molar-refractivity contribution in [2.45, 2.75) is 110 Å². The molecule has 2 spiro atoms. The molecule has 4 aliphatic rings. The Bertz CT molecular complexity index is 3950. The number of ether oxygens (including phenoxy) is 2. The largest absolute Gasteiger partial charge is 0.444 e. The number of nitrogen functional groups attached to an aromatic ring is 2. The van der Waals surface area contributed by atoms with E-state index in [1.807, 2.05) is 136 Å². The van der Waals surface area contributed by atoms with Gasteiger partial charge in [0, 0.05) is 75.3 Å². The van der Waals surface area contributed by atoms with E-state index < -0.39 is 27.8 Å². The number of anilines is 4. The van der Waals surface area contributed by atoms with Crippen molar-refractivity contribution in [3.63, 3.8) is 0 Å². The van der Waals surface area contributed by atoms with Crippen LogP contribution in [-0.4, -0.2) is 94.8 Å². The number of likely N-dealkylation sites (tertiary alicyclic amines) is 1. The first-order valence-electron chi connectivity index (χ1n) is 32.5. The summed E-state index contributed by atoms with van der Waals surface area (Å²) < 4.78 is 20.8. The van der Waals surface area contributed by atoms with Crippen LogP contribution in [0.3, 0.4) is 0 Å². The highest BCUT2D eigenvalue weighted by atomic mass is 35.5. The number of carbonyl (C=O) groups is 6. The van der Waals surface area contributed by atoms with Gasteiger partial charge in [0.2, 0.25) is 0 Å². The molecule has 95 heavy (non-hydrogen) atoms. The predicted molar refractivity (Wildman–Crippen MR) is 384 cm³/mol. The zero-order valence-corrected chi connectivity index (χ0v) is 55.5. The van der Waals surface area contributed by atoms with E-state index in [0.717, 1.165) is 80.7 Å². The molecule has 8 aromatic rings. The molecule has 2 saturated heterocycles. The Morgan fingerprint density at radius 2 is 1.00 bits per heavy atom. The van der Waals surface area contributed by atoms with Gasteiger partial charge in [0.25, 0.3) is 22.3 Å². The van der Waals surface area contributed by atoms with Crippen LogP contribution in [0.1, 0.15) is 141 Å². The third-order valence-electron chi connectivity index (χ3n) is 17.0. The monoisotopic (exact) mass is 1320 g/mol. The maximum absolute atomic E-state index is 13.3. The Balaban J connectivity index is 0.000000196. The molecule has 18 heteroatoms. The zero-order chi connectivity index (χ0) is 69.2. The van der Waals surface area contributed by atoms with Gasteiger partial charge in [0.1, 0.15) is 11.2 Å². The summed E-state index contributed by atoms with van der Waals surface area (Å²) in [5, 5.41) is 11.5. The van der Waals surface area contributed by atoms with Gasteiger partial charge >= 0.3 is 12.2 Å². The molecule has 0 saturated carbocycles. The second-order valence-electron chi connectivity index (χ2n) is 26.0. The molecule has 0 atom stereocenters. The Hall–Kier alpha value is -9.32. The summed E-state index contributed by atoms with van der Waals surface area (Å²) in [5.41, 5.74) is 24.8. The van der Waals surface area contributed by atoms with E-state index in [0.29, 0.717) is 64.6 Å². The molecule has 12 rings (SSSR count). The molecule has 16 nitrogen and oxygen atoms in total. The summed E-state index contributed by atoms with van der Waals surface area (Å²) >= 11 is 10.4. The molecule has 0 aromatic heterocycles. The van der Waals surface area contributed by atoms with Crippen LogP contribution < -0.4 is 32.7 Å². The molecular formula is C77H88Cl2N8O8. The lowest BCUT2D eigenvalue weighted by molar-refractivity contribution is 0.0137. The van der Waals surface area contributed by atoms with Crippen molar-refractivity contribution in [2.75, 3.05) is 61.4 Å². The number of fused-ring (bicyclic) bond motifs is 4. The summed E-state index contributed by atoms with van der Waals surface area (Å²) in [5.74, 6) is -0.261. The van der Waals surface area contributed by atoms with Gasteiger partial charge in [-0.25, -0.2) is 9.59 Å². The Morgan fingerprint density at radius 3 is 1.55 bits per heavy atom. The normalized spacial score (nSPS) is 15.0. The average Bonchev–Trinajstić information content (AvgIpc) is 0.768. The number of hydrogen-bond acceptors (Lipinski definition) is 12. The van der Waals surface area contributed by atoms with Crippen molar-refractivity contribution >= 4 is 80.4 Å². The minimum Gasteiger partial charge on any atom is -0.444 e. The number of hydrogen-bond donors (Lipinski definition) is 6. The summed E-state index contributed by atoms with van der Waals surface area (Å²) in [6.07, 6.45) is 3.31. The van der Waals surface area contributed by atoms with E-state index in [-0.39, 0.29) is 36.2 Å². The summed E-state index contributed by atoms with van der Waals surface area (Å²) in [6.45, 7) is 17.9. The fourth-order valence-corrected chi connectivity index (χ4v) is 12.5. The van der Waals surface area contributed by atoms with Gasteiger partial charge in [-0.05, 0) is 221 Å². The molecular weight excluding hydrogens is 1240 g/mol. The average molecular weight is 1330 g/mol. The predicted octanol–water partition coefficient (Wildman–Crippen LogP) is 16.1. The van der Waals surface area contributed by atoms with E-state index in [9.17, 15) is 28.8 Å². The summed E-state index contributed by atoms with van der Waals surface area (Å²) in [4.78, 5) is 75.6. The van der Waals surface area contributed by atoms with Crippen LogP contribution in [-0.2, 0) is 33.4 Å². The molecule has 0 radical (unpaired) electrons. The van der Waals surface area contributed by atoms with Gasteiger partial charge in [-0.3, -0.25) is 24.5 Å². The third-order valence-corrected chi connectivity index (χ3v) is 17.4. The SMILES string of the molecule is C.CC(C)(C)OC(=O)N1Cc2ccccc2C2(CCNCC2)C1.CC(C)(C)OC(=O)Nc1ccc(-c2ccccc2)cc1N.Nc1ccc(-c2ccccc2)cc1NC(=O)c1ccc(C(=O)N2CCC3(CC2)CNCc2ccccc23)cc1.O=C(Cl)c1ccc(C(=O)Cl)cc1.[2H][2H]. The van der Waals surface area contributed by atoms with Crippen molar-refractivity contribution in [3.8, 4) is 22.3 Å². The van der Waals surface area contributed by atoms with Crippen LogP contribution in [0.4, 0.5) is 32.3 Å². The molecule has 498 valence electrons. The molecule has 4 aliphatic heterocycles. The van der Waals surface area contributed by atoms with Crippen LogP contribution in [0.2, 0.25) is 0 Å². The zero-order valence-electron chi connectivity index (χ0n) is 56.0.